The highest BCUT2D eigenvalue weighted by atomic mass is 35.5. The molecule has 11 heteroatoms. The number of nitrogens with zero attached hydrogens (tertiary/aromatic N) is 2. The van der Waals surface area contributed by atoms with Crippen molar-refractivity contribution in [1.29, 1.82) is 0 Å². The van der Waals surface area contributed by atoms with Gasteiger partial charge in [0.15, 0.2) is 5.13 Å². The molecule has 32 heavy (non-hydrogen) atoms. The van der Waals surface area contributed by atoms with E-state index < -0.39 is 27.6 Å². The van der Waals surface area contributed by atoms with Crippen molar-refractivity contribution in [2.24, 2.45) is 0 Å². The largest absolute Gasteiger partial charge is 0.298 e. The Balaban J connectivity index is 1.78. The summed E-state index contributed by atoms with van der Waals surface area (Å²) in [4.78, 5) is 17.3. The third-order valence-corrected chi connectivity index (χ3v) is 8.11. The molecular weight excluding hydrogens is 480 g/mol. The van der Waals surface area contributed by atoms with E-state index in [1.165, 1.54) is 40.8 Å². The molecule has 1 amide bonds. The third kappa shape index (κ3) is 5.32. The van der Waals surface area contributed by atoms with Crippen molar-refractivity contribution >= 4 is 44.0 Å². The van der Waals surface area contributed by atoms with Gasteiger partial charge in [0, 0.05) is 42.2 Å². The van der Waals surface area contributed by atoms with Crippen molar-refractivity contribution in [3.63, 3.8) is 0 Å². The number of sulfonamides is 1. The molecule has 0 atom stereocenters. The van der Waals surface area contributed by atoms with E-state index in [1.54, 1.807) is 13.8 Å². The molecule has 0 bridgehead atoms. The molecule has 3 aromatic rings. The summed E-state index contributed by atoms with van der Waals surface area (Å²) in [5.41, 5.74) is 0.401. The topological polar surface area (TPSA) is 79.4 Å². The number of benzene rings is 2. The van der Waals surface area contributed by atoms with E-state index >= 15 is 0 Å². The van der Waals surface area contributed by atoms with Crippen molar-refractivity contribution in [2.75, 3.05) is 18.4 Å². The number of anilines is 1. The van der Waals surface area contributed by atoms with Gasteiger partial charge in [0.25, 0.3) is 5.91 Å². The molecule has 0 saturated heterocycles. The molecule has 1 N–H and O–H groups in total. The smallest absolute Gasteiger partial charge is 0.257 e. The SMILES string of the molecule is CCN(CC)S(=O)(=O)c1cc(C(=O)Nc2ncc(Cc3ccc(F)cc3F)s2)ccc1Cl. The number of rotatable bonds is 8. The number of aromatic nitrogens is 1. The molecule has 0 fully saturated rings. The summed E-state index contributed by atoms with van der Waals surface area (Å²) in [5.74, 6) is -1.88. The second kappa shape index (κ2) is 10.0. The van der Waals surface area contributed by atoms with Gasteiger partial charge in [0.1, 0.15) is 16.5 Å². The highest BCUT2D eigenvalue weighted by molar-refractivity contribution is 7.89. The molecule has 2 aromatic carbocycles. The fourth-order valence-electron chi connectivity index (χ4n) is 3.01. The molecule has 0 aliphatic carbocycles. The van der Waals surface area contributed by atoms with Gasteiger partial charge < -0.3 is 0 Å². The molecule has 0 saturated carbocycles. The van der Waals surface area contributed by atoms with E-state index in [9.17, 15) is 22.0 Å². The lowest BCUT2D eigenvalue weighted by atomic mass is 10.1. The zero-order valence-electron chi connectivity index (χ0n) is 17.2. The lowest BCUT2D eigenvalue weighted by molar-refractivity contribution is 0.102. The Morgan fingerprint density at radius 2 is 1.88 bits per heavy atom. The Kier molecular flexibility index (Phi) is 7.60. The Labute approximate surface area is 193 Å². The van der Waals surface area contributed by atoms with Gasteiger partial charge in [0.2, 0.25) is 10.0 Å². The van der Waals surface area contributed by atoms with Crippen LogP contribution in [0.2, 0.25) is 5.02 Å². The first kappa shape index (κ1) is 24.2. The monoisotopic (exact) mass is 499 g/mol. The number of thiazole rings is 1. The minimum absolute atomic E-state index is 0.0197. The summed E-state index contributed by atoms with van der Waals surface area (Å²) in [6, 6.07) is 7.34. The maximum atomic E-state index is 13.9. The van der Waals surface area contributed by atoms with Crippen LogP contribution in [0.15, 0.2) is 47.5 Å². The minimum atomic E-state index is -3.85. The van der Waals surface area contributed by atoms with Crippen molar-refractivity contribution in [3.05, 3.63) is 75.3 Å². The van der Waals surface area contributed by atoms with Gasteiger partial charge in [-0.05, 0) is 29.8 Å². The minimum Gasteiger partial charge on any atom is -0.298 e. The molecule has 0 aliphatic heterocycles. The number of hydrogen-bond acceptors (Lipinski definition) is 5. The van der Waals surface area contributed by atoms with E-state index in [4.69, 9.17) is 11.6 Å². The molecule has 6 nitrogen and oxygen atoms in total. The van der Waals surface area contributed by atoms with Gasteiger partial charge in [-0.2, -0.15) is 4.31 Å². The molecule has 170 valence electrons. The lowest BCUT2D eigenvalue weighted by Crippen LogP contribution is -2.31. The van der Waals surface area contributed by atoms with Crippen LogP contribution in [0.25, 0.3) is 0 Å². The second-order valence-electron chi connectivity index (χ2n) is 6.73. The molecular formula is C21H20ClF2N3O3S2. The summed E-state index contributed by atoms with van der Waals surface area (Å²) in [6.45, 7) is 3.96. The van der Waals surface area contributed by atoms with Crippen LogP contribution in [0.1, 0.15) is 34.6 Å². The molecule has 0 spiro atoms. The van der Waals surface area contributed by atoms with Gasteiger partial charge in [-0.1, -0.05) is 31.5 Å². The summed E-state index contributed by atoms with van der Waals surface area (Å²) in [7, 11) is -3.85. The fourth-order valence-corrected chi connectivity index (χ4v) is 5.80. The first-order chi connectivity index (χ1) is 15.1. The average Bonchev–Trinajstić information content (AvgIpc) is 3.17. The molecule has 1 aromatic heterocycles. The number of nitrogens with one attached hydrogen (secondary N) is 1. The van der Waals surface area contributed by atoms with Crippen LogP contribution in [0, 0.1) is 11.6 Å². The zero-order chi connectivity index (χ0) is 23.5. The Morgan fingerprint density at radius 1 is 1.16 bits per heavy atom. The zero-order valence-corrected chi connectivity index (χ0v) is 19.6. The standard InChI is InChI=1S/C21H20ClF2N3O3S2/c1-3-27(4-2)32(29,30)19-10-14(6-8-17(19)22)20(28)26-21-25-12-16(31-21)9-13-5-7-15(23)11-18(13)24/h5-8,10-12H,3-4,9H2,1-2H3,(H,25,26,28). The van der Waals surface area contributed by atoms with Crippen molar-refractivity contribution in [1.82, 2.24) is 9.29 Å². The first-order valence-corrected chi connectivity index (χ1v) is 12.3. The van der Waals surface area contributed by atoms with Crippen molar-refractivity contribution in [3.8, 4) is 0 Å². The Bertz CT molecular complexity index is 1240. The number of amides is 1. The summed E-state index contributed by atoms with van der Waals surface area (Å²) < 4.78 is 53.8. The van der Waals surface area contributed by atoms with Crippen LogP contribution in [-0.2, 0) is 16.4 Å². The molecule has 0 radical (unpaired) electrons. The summed E-state index contributed by atoms with van der Waals surface area (Å²) in [5, 5.41) is 2.89. The van der Waals surface area contributed by atoms with Gasteiger partial charge in [-0.3, -0.25) is 10.1 Å². The van der Waals surface area contributed by atoms with E-state index in [0.717, 1.165) is 17.4 Å². The lowest BCUT2D eigenvalue weighted by Gasteiger charge is -2.19. The van der Waals surface area contributed by atoms with Crippen molar-refractivity contribution in [2.45, 2.75) is 25.2 Å². The fraction of sp³-hybridized carbons (Fsp3) is 0.238. The van der Waals surface area contributed by atoms with Crippen LogP contribution in [0.3, 0.4) is 0 Å². The molecule has 3 rings (SSSR count). The Morgan fingerprint density at radius 3 is 2.53 bits per heavy atom. The number of carbonyl (C=O) groups is 1. The van der Waals surface area contributed by atoms with E-state index in [1.807, 2.05) is 0 Å². The van der Waals surface area contributed by atoms with E-state index in [2.05, 4.69) is 10.3 Å². The first-order valence-electron chi connectivity index (χ1n) is 9.65. The normalized spacial score (nSPS) is 11.7. The van der Waals surface area contributed by atoms with E-state index in [0.29, 0.717) is 10.4 Å². The molecule has 0 unspecified atom stereocenters. The predicted molar refractivity (Wildman–Crippen MR) is 121 cm³/mol. The Hall–Kier alpha value is -2.40. The van der Waals surface area contributed by atoms with Crippen LogP contribution in [0.4, 0.5) is 13.9 Å². The van der Waals surface area contributed by atoms with Crippen molar-refractivity contribution < 1.29 is 22.0 Å². The average molecular weight is 500 g/mol. The quantitative estimate of drug-likeness (QED) is 0.475. The maximum Gasteiger partial charge on any atom is 0.257 e. The number of halogens is 3. The summed E-state index contributed by atoms with van der Waals surface area (Å²) >= 11 is 7.24. The van der Waals surface area contributed by atoms with Crippen LogP contribution in [-0.4, -0.2) is 36.7 Å². The summed E-state index contributed by atoms with van der Waals surface area (Å²) in [6.07, 6.45) is 1.67. The molecule has 0 aliphatic rings. The van der Waals surface area contributed by atoms with Gasteiger partial charge in [-0.15, -0.1) is 11.3 Å². The second-order valence-corrected chi connectivity index (χ2v) is 10.2. The predicted octanol–water partition coefficient (Wildman–Crippen LogP) is 4.95. The van der Waals surface area contributed by atoms with E-state index in [-0.39, 0.29) is 40.1 Å². The van der Waals surface area contributed by atoms with Crippen LogP contribution >= 0.6 is 22.9 Å². The highest BCUT2D eigenvalue weighted by Crippen LogP contribution is 2.27. The third-order valence-electron chi connectivity index (χ3n) is 4.67. The molecule has 1 heterocycles. The van der Waals surface area contributed by atoms with Crippen LogP contribution < -0.4 is 5.32 Å². The maximum absolute atomic E-state index is 13.9. The van der Waals surface area contributed by atoms with Gasteiger partial charge in [-0.25, -0.2) is 22.2 Å². The van der Waals surface area contributed by atoms with Crippen LogP contribution in [0.5, 0.6) is 0 Å². The van der Waals surface area contributed by atoms with Gasteiger partial charge >= 0.3 is 0 Å². The number of carbonyl (C=O) groups excluding carboxylic acids is 1. The highest BCUT2D eigenvalue weighted by Gasteiger charge is 2.25. The van der Waals surface area contributed by atoms with Gasteiger partial charge in [0.05, 0.1) is 5.02 Å². The number of hydrogen-bond donors (Lipinski definition) is 1.